The predicted molar refractivity (Wildman–Crippen MR) is 80.5 cm³/mol. The molecule has 4 nitrogen and oxygen atoms in total. The summed E-state index contributed by atoms with van der Waals surface area (Å²) in [4.78, 5) is 19.4. The highest BCUT2D eigenvalue weighted by atomic mass is 16.2. The molecule has 0 bridgehead atoms. The van der Waals surface area contributed by atoms with Crippen molar-refractivity contribution in [1.82, 2.24) is 14.7 Å². The Morgan fingerprint density at radius 1 is 1.05 bits per heavy atom. The van der Waals surface area contributed by atoms with E-state index < -0.39 is 0 Å². The fourth-order valence-corrected chi connectivity index (χ4v) is 3.65. The number of piperazine rings is 1. The van der Waals surface area contributed by atoms with Crippen molar-refractivity contribution in [3.8, 4) is 0 Å². The molecule has 0 aromatic rings. The minimum atomic E-state index is 0.327. The lowest BCUT2D eigenvalue weighted by atomic mass is 9.76. The van der Waals surface area contributed by atoms with E-state index in [-0.39, 0.29) is 0 Å². The summed E-state index contributed by atoms with van der Waals surface area (Å²) in [6.07, 6.45) is 2.21. The SMILES string of the molecule is CC(C)C1CN(C(=O)C2CC(N3CCN(C)CC3)C2)C1. The maximum absolute atomic E-state index is 12.4. The van der Waals surface area contributed by atoms with Crippen LogP contribution in [0.3, 0.4) is 0 Å². The lowest BCUT2D eigenvalue weighted by Crippen LogP contribution is -2.59. The average Bonchev–Trinajstić information content (AvgIpc) is 2.27. The second-order valence-corrected chi connectivity index (χ2v) is 7.41. The molecular weight excluding hydrogens is 250 g/mol. The van der Waals surface area contributed by atoms with Crippen LogP contribution in [0.1, 0.15) is 26.7 Å². The third kappa shape index (κ3) is 2.73. The third-order valence-corrected chi connectivity index (χ3v) is 5.68. The van der Waals surface area contributed by atoms with Crippen molar-refractivity contribution < 1.29 is 4.79 Å². The zero-order valence-electron chi connectivity index (χ0n) is 13.2. The molecule has 20 heavy (non-hydrogen) atoms. The van der Waals surface area contributed by atoms with Crippen molar-refractivity contribution >= 4 is 5.91 Å². The molecule has 0 aromatic carbocycles. The Bertz CT molecular complexity index is 351. The molecule has 2 aliphatic heterocycles. The topological polar surface area (TPSA) is 26.8 Å². The lowest BCUT2D eigenvalue weighted by molar-refractivity contribution is -0.148. The molecular formula is C16H29N3O. The van der Waals surface area contributed by atoms with E-state index in [4.69, 9.17) is 0 Å². The first-order valence-electron chi connectivity index (χ1n) is 8.26. The summed E-state index contributed by atoms with van der Waals surface area (Å²) in [5, 5.41) is 0. The molecule has 1 saturated carbocycles. The zero-order valence-corrected chi connectivity index (χ0v) is 13.2. The summed E-state index contributed by atoms with van der Waals surface area (Å²) in [5.74, 6) is 2.23. The van der Waals surface area contributed by atoms with Gasteiger partial charge in [0.25, 0.3) is 0 Å². The molecule has 3 fully saturated rings. The summed E-state index contributed by atoms with van der Waals surface area (Å²) in [6.45, 7) is 11.3. The van der Waals surface area contributed by atoms with Crippen LogP contribution in [-0.4, -0.2) is 73.0 Å². The van der Waals surface area contributed by atoms with Crippen molar-refractivity contribution in [3.05, 3.63) is 0 Å². The van der Waals surface area contributed by atoms with Crippen LogP contribution >= 0.6 is 0 Å². The number of rotatable bonds is 3. The number of likely N-dealkylation sites (N-methyl/N-ethyl adjacent to an activating group) is 1. The van der Waals surface area contributed by atoms with Gasteiger partial charge >= 0.3 is 0 Å². The number of carbonyl (C=O) groups is 1. The Labute approximate surface area is 123 Å². The third-order valence-electron chi connectivity index (χ3n) is 5.68. The average molecular weight is 279 g/mol. The maximum Gasteiger partial charge on any atom is 0.225 e. The molecule has 0 spiro atoms. The van der Waals surface area contributed by atoms with Crippen LogP contribution in [0.15, 0.2) is 0 Å². The number of hydrogen-bond acceptors (Lipinski definition) is 3. The monoisotopic (exact) mass is 279 g/mol. The minimum Gasteiger partial charge on any atom is -0.342 e. The van der Waals surface area contributed by atoms with Gasteiger partial charge in [0.05, 0.1) is 0 Å². The Balaban J connectivity index is 1.39. The van der Waals surface area contributed by atoms with E-state index in [0.717, 1.165) is 37.8 Å². The summed E-state index contributed by atoms with van der Waals surface area (Å²) in [7, 11) is 2.19. The molecule has 114 valence electrons. The number of amides is 1. The van der Waals surface area contributed by atoms with Crippen molar-refractivity contribution in [2.75, 3.05) is 46.3 Å². The molecule has 2 heterocycles. The fraction of sp³-hybridized carbons (Fsp3) is 0.938. The van der Waals surface area contributed by atoms with Gasteiger partial charge in [0, 0.05) is 51.2 Å². The van der Waals surface area contributed by atoms with Crippen molar-refractivity contribution in [2.45, 2.75) is 32.7 Å². The van der Waals surface area contributed by atoms with Gasteiger partial charge in [-0.2, -0.15) is 0 Å². The second-order valence-electron chi connectivity index (χ2n) is 7.41. The lowest BCUT2D eigenvalue weighted by Gasteiger charge is -2.49. The Hall–Kier alpha value is -0.610. The normalized spacial score (nSPS) is 33.1. The van der Waals surface area contributed by atoms with Gasteiger partial charge in [0.15, 0.2) is 0 Å². The van der Waals surface area contributed by atoms with Crippen LogP contribution in [0, 0.1) is 17.8 Å². The first-order chi connectivity index (χ1) is 9.54. The van der Waals surface area contributed by atoms with Crippen LogP contribution in [0.2, 0.25) is 0 Å². The number of nitrogens with zero attached hydrogens (tertiary/aromatic N) is 3. The van der Waals surface area contributed by atoms with Crippen LogP contribution in [0.4, 0.5) is 0 Å². The molecule has 0 unspecified atom stereocenters. The van der Waals surface area contributed by atoms with E-state index >= 15 is 0 Å². The van der Waals surface area contributed by atoms with Gasteiger partial charge in [0.2, 0.25) is 5.91 Å². The Kier molecular flexibility index (Phi) is 4.04. The zero-order chi connectivity index (χ0) is 14.3. The molecule has 1 aliphatic carbocycles. The second kappa shape index (κ2) is 5.64. The Morgan fingerprint density at radius 2 is 1.65 bits per heavy atom. The molecule has 1 amide bonds. The first-order valence-corrected chi connectivity index (χ1v) is 8.26. The summed E-state index contributed by atoms with van der Waals surface area (Å²) in [5.41, 5.74) is 0. The van der Waals surface area contributed by atoms with E-state index in [0.29, 0.717) is 17.9 Å². The highest BCUT2D eigenvalue weighted by Crippen LogP contribution is 2.36. The largest absolute Gasteiger partial charge is 0.342 e. The highest BCUT2D eigenvalue weighted by Gasteiger charge is 2.43. The Morgan fingerprint density at radius 3 is 2.20 bits per heavy atom. The van der Waals surface area contributed by atoms with Crippen LogP contribution in [0.5, 0.6) is 0 Å². The molecule has 3 rings (SSSR count). The molecule has 3 aliphatic rings. The molecule has 2 saturated heterocycles. The molecule has 0 N–H and O–H groups in total. The predicted octanol–water partition coefficient (Wildman–Crippen LogP) is 1.13. The van der Waals surface area contributed by atoms with E-state index in [1.165, 1.54) is 26.2 Å². The van der Waals surface area contributed by atoms with Gasteiger partial charge in [-0.25, -0.2) is 0 Å². The van der Waals surface area contributed by atoms with E-state index in [1.807, 2.05) is 0 Å². The summed E-state index contributed by atoms with van der Waals surface area (Å²) < 4.78 is 0. The molecule has 0 radical (unpaired) electrons. The van der Waals surface area contributed by atoms with E-state index in [1.54, 1.807) is 0 Å². The van der Waals surface area contributed by atoms with Crippen molar-refractivity contribution in [2.24, 2.45) is 17.8 Å². The molecule has 0 aromatic heterocycles. The summed E-state index contributed by atoms with van der Waals surface area (Å²) >= 11 is 0. The maximum atomic E-state index is 12.4. The highest BCUT2D eigenvalue weighted by molar-refractivity contribution is 5.80. The van der Waals surface area contributed by atoms with Crippen LogP contribution in [0.25, 0.3) is 0 Å². The summed E-state index contributed by atoms with van der Waals surface area (Å²) in [6, 6.07) is 0.680. The quantitative estimate of drug-likeness (QED) is 0.775. The van der Waals surface area contributed by atoms with Crippen LogP contribution < -0.4 is 0 Å². The minimum absolute atomic E-state index is 0.327. The van der Waals surface area contributed by atoms with Gasteiger partial charge in [-0.15, -0.1) is 0 Å². The van der Waals surface area contributed by atoms with Crippen molar-refractivity contribution in [3.63, 3.8) is 0 Å². The van der Waals surface area contributed by atoms with Crippen molar-refractivity contribution in [1.29, 1.82) is 0 Å². The molecule has 0 atom stereocenters. The van der Waals surface area contributed by atoms with E-state index in [9.17, 15) is 4.79 Å². The van der Waals surface area contributed by atoms with Gasteiger partial charge in [-0.3, -0.25) is 9.69 Å². The standard InChI is InChI=1S/C16H29N3O/c1-12(2)14-10-19(11-14)16(20)13-8-15(9-13)18-6-4-17(3)5-7-18/h12-15H,4-11H2,1-3H3. The van der Waals surface area contributed by atoms with Gasteiger partial charge in [0.1, 0.15) is 0 Å². The van der Waals surface area contributed by atoms with Gasteiger partial charge in [-0.1, -0.05) is 13.8 Å². The number of likely N-dealkylation sites (tertiary alicyclic amines) is 1. The van der Waals surface area contributed by atoms with E-state index in [2.05, 4.69) is 35.6 Å². The number of carbonyl (C=O) groups excluding carboxylic acids is 1. The van der Waals surface area contributed by atoms with Gasteiger partial charge in [-0.05, 0) is 31.7 Å². The van der Waals surface area contributed by atoms with Gasteiger partial charge < -0.3 is 9.80 Å². The fourth-order valence-electron chi connectivity index (χ4n) is 3.65. The number of hydrogen-bond donors (Lipinski definition) is 0. The van der Waals surface area contributed by atoms with Crippen LogP contribution in [-0.2, 0) is 4.79 Å². The smallest absolute Gasteiger partial charge is 0.225 e. The first kappa shape index (κ1) is 14.3. The molecule has 4 heteroatoms.